The molecule has 2 aromatic heterocycles. The van der Waals surface area contributed by atoms with Crippen LogP contribution in [0.3, 0.4) is 0 Å². The molecule has 0 aliphatic rings. The van der Waals surface area contributed by atoms with Gasteiger partial charge < -0.3 is 5.32 Å². The zero-order valence-corrected chi connectivity index (χ0v) is 13.5. The standard InChI is InChI=1S/C12H16N4O3S2/c1-8(2)16-7-9(6-14-16)21(18,19)15-12-10(4-5-20-12)11(17)13-3/h4-8,15H,1-3H3,(H,13,17). The van der Waals surface area contributed by atoms with Crippen LogP contribution in [0.25, 0.3) is 0 Å². The van der Waals surface area contributed by atoms with Crippen LogP contribution < -0.4 is 10.0 Å². The highest BCUT2D eigenvalue weighted by Crippen LogP contribution is 2.26. The molecule has 2 rings (SSSR count). The number of rotatable bonds is 5. The van der Waals surface area contributed by atoms with Crippen molar-refractivity contribution in [2.24, 2.45) is 0 Å². The Labute approximate surface area is 127 Å². The normalized spacial score (nSPS) is 11.6. The van der Waals surface area contributed by atoms with Crippen LogP contribution in [0.4, 0.5) is 5.00 Å². The fourth-order valence-electron chi connectivity index (χ4n) is 1.62. The quantitative estimate of drug-likeness (QED) is 0.873. The number of carbonyl (C=O) groups excluding carboxylic acids is 1. The maximum atomic E-state index is 12.3. The monoisotopic (exact) mass is 328 g/mol. The molecule has 0 aliphatic carbocycles. The molecule has 0 radical (unpaired) electrons. The van der Waals surface area contributed by atoms with Gasteiger partial charge in [-0.1, -0.05) is 0 Å². The third-order valence-electron chi connectivity index (χ3n) is 2.78. The van der Waals surface area contributed by atoms with Crippen LogP contribution in [0.5, 0.6) is 0 Å². The summed E-state index contributed by atoms with van der Waals surface area (Å²) in [6.07, 6.45) is 2.75. The first kappa shape index (κ1) is 15.5. The minimum absolute atomic E-state index is 0.0625. The molecule has 0 bridgehead atoms. The largest absolute Gasteiger partial charge is 0.355 e. The van der Waals surface area contributed by atoms with Crippen LogP contribution in [-0.4, -0.2) is 31.2 Å². The second-order valence-electron chi connectivity index (χ2n) is 4.60. The van der Waals surface area contributed by atoms with E-state index in [2.05, 4.69) is 15.1 Å². The Bertz CT molecular complexity index is 746. The van der Waals surface area contributed by atoms with E-state index in [1.165, 1.54) is 19.4 Å². The van der Waals surface area contributed by atoms with Crippen molar-refractivity contribution in [2.45, 2.75) is 24.8 Å². The summed E-state index contributed by atoms with van der Waals surface area (Å²) >= 11 is 1.15. The molecule has 0 atom stereocenters. The molecule has 0 aromatic carbocycles. The van der Waals surface area contributed by atoms with Gasteiger partial charge in [0.1, 0.15) is 9.90 Å². The van der Waals surface area contributed by atoms with Crippen molar-refractivity contribution in [3.05, 3.63) is 29.4 Å². The lowest BCUT2D eigenvalue weighted by Crippen LogP contribution is -2.20. The average molecular weight is 328 g/mol. The highest BCUT2D eigenvalue weighted by atomic mass is 32.2. The van der Waals surface area contributed by atoms with Crippen LogP contribution in [-0.2, 0) is 10.0 Å². The number of amides is 1. The van der Waals surface area contributed by atoms with Crippen LogP contribution in [0.15, 0.2) is 28.7 Å². The van der Waals surface area contributed by atoms with Gasteiger partial charge in [0.15, 0.2) is 0 Å². The number of nitrogens with one attached hydrogen (secondary N) is 2. The molecular weight excluding hydrogens is 312 g/mol. The van der Waals surface area contributed by atoms with Crippen molar-refractivity contribution in [1.82, 2.24) is 15.1 Å². The van der Waals surface area contributed by atoms with Crippen molar-refractivity contribution < 1.29 is 13.2 Å². The molecule has 0 unspecified atom stereocenters. The molecule has 2 aromatic rings. The van der Waals surface area contributed by atoms with Crippen LogP contribution in [0.1, 0.15) is 30.2 Å². The number of hydrogen-bond donors (Lipinski definition) is 2. The van der Waals surface area contributed by atoms with E-state index >= 15 is 0 Å². The third kappa shape index (κ3) is 3.24. The minimum Gasteiger partial charge on any atom is -0.355 e. The second kappa shape index (κ2) is 5.86. The van der Waals surface area contributed by atoms with E-state index in [1.54, 1.807) is 16.1 Å². The van der Waals surface area contributed by atoms with Gasteiger partial charge in [-0.25, -0.2) is 8.42 Å². The molecule has 0 saturated heterocycles. The van der Waals surface area contributed by atoms with Gasteiger partial charge in [0.05, 0.1) is 11.8 Å². The van der Waals surface area contributed by atoms with E-state index < -0.39 is 10.0 Å². The van der Waals surface area contributed by atoms with E-state index in [0.29, 0.717) is 5.56 Å². The summed E-state index contributed by atoms with van der Waals surface area (Å²) in [7, 11) is -2.27. The first-order chi connectivity index (χ1) is 9.85. The highest BCUT2D eigenvalue weighted by Gasteiger charge is 2.21. The van der Waals surface area contributed by atoms with Gasteiger partial charge in [-0.2, -0.15) is 5.10 Å². The Morgan fingerprint density at radius 1 is 1.43 bits per heavy atom. The SMILES string of the molecule is CNC(=O)c1ccsc1NS(=O)(=O)c1cnn(C(C)C)c1. The van der Waals surface area contributed by atoms with Gasteiger partial charge >= 0.3 is 0 Å². The lowest BCUT2D eigenvalue weighted by molar-refractivity contribution is 0.0964. The van der Waals surface area contributed by atoms with Gasteiger partial charge in [-0.3, -0.25) is 14.2 Å². The zero-order valence-electron chi connectivity index (χ0n) is 11.8. The van der Waals surface area contributed by atoms with Crippen molar-refractivity contribution in [2.75, 3.05) is 11.8 Å². The molecule has 1 amide bonds. The lowest BCUT2D eigenvalue weighted by atomic mass is 10.3. The van der Waals surface area contributed by atoms with E-state index in [9.17, 15) is 13.2 Å². The Balaban J connectivity index is 2.29. The lowest BCUT2D eigenvalue weighted by Gasteiger charge is -2.07. The summed E-state index contributed by atoms with van der Waals surface area (Å²) in [5.41, 5.74) is 0.294. The summed E-state index contributed by atoms with van der Waals surface area (Å²) in [6.45, 7) is 3.81. The highest BCUT2D eigenvalue weighted by molar-refractivity contribution is 7.93. The molecule has 21 heavy (non-hydrogen) atoms. The summed E-state index contributed by atoms with van der Waals surface area (Å²) < 4.78 is 28.6. The number of anilines is 1. The van der Waals surface area contributed by atoms with Crippen molar-refractivity contribution in [3.63, 3.8) is 0 Å². The molecule has 0 saturated carbocycles. The molecule has 2 N–H and O–H groups in total. The van der Waals surface area contributed by atoms with Gasteiger partial charge in [0.2, 0.25) is 0 Å². The van der Waals surface area contributed by atoms with Crippen LogP contribution >= 0.6 is 11.3 Å². The van der Waals surface area contributed by atoms with Gasteiger partial charge in [-0.15, -0.1) is 11.3 Å². The predicted molar refractivity (Wildman–Crippen MR) is 81.1 cm³/mol. The fourth-order valence-corrected chi connectivity index (χ4v) is 3.68. The first-order valence-corrected chi connectivity index (χ1v) is 8.58. The Hall–Kier alpha value is -1.87. The number of aromatic nitrogens is 2. The summed E-state index contributed by atoms with van der Waals surface area (Å²) in [4.78, 5) is 11.7. The zero-order chi connectivity index (χ0) is 15.6. The number of thiophene rings is 1. The Morgan fingerprint density at radius 3 is 2.71 bits per heavy atom. The molecule has 0 fully saturated rings. The number of hydrogen-bond acceptors (Lipinski definition) is 5. The second-order valence-corrected chi connectivity index (χ2v) is 7.20. The summed E-state index contributed by atoms with van der Waals surface area (Å²) in [5.74, 6) is -0.341. The Morgan fingerprint density at radius 2 is 2.14 bits per heavy atom. The molecular formula is C12H16N4O3S2. The van der Waals surface area contributed by atoms with E-state index in [4.69, 9.17) is 0 Å². The Kier molecular flexibility index (Phi) is 4.33. The summed E-state index contributed by atoms with van der Waals surface area (Å²) in [6, 6.07) is 1.64. The predicted octanol–water partition coefficient (Wildman–Crippen LogP) is 1.69. The van der Waals surface area contributed by atoms with Crippen molar-refractivity contribution in [1.29, 1.82) is 0 Å². The fraction of sp³-hybridized carbons (Fsp3) is 0.333. The maximum Gasteiger partial charge on any atom is 0.265 e. The van der Waals surface area contributed by atoms with Gasteiger partial charge in [0.25, 0.3) is 15.9 Å². The van der Waals surface area contributed by atoms with E-state index in [1.807, 2.05) is 13.8 Å². The van der Waals surface area contributed by atoms with Crippen molar-refractivity contribution in [3.8, 4) is 0 Å². The maximum absolute atomic E-state index is 12.3. The smallest absolute Gasteiger partial charge is 0.265 e. The number of nitrogens with zero attached hydrogens (tertiary/aromatic N) is 2. The van der Waals surface area contributed by atoms with Crippen LogP contribution in [0, 0.1) is 0 Å². The first-order valence-electron chi connectivity index (χ1n) is 6.21. The molecule has 2 heterocycles. The topological polar surface area (TPSA) is 93.1 Å². The molecule has 0 spiro atoms. The molecule has 0 aliphatic heterocycles. The van der Waals surface area contributed by atoms with E-state index in [-0.39, 0.29) is 21.8 Å². The third-order valence-corrected chi connectivity index (χ3v) is 5.04. The van der Waals surface area contributed by atoms with Crippen LogP contribution in [0.2, 0.25) is 0 Å². The summed E-state index contributed by atoms with van der Waals surface area (Å²) in [5, 5.41) is 8.41. The number of carbonyl (C=O) groups is 1. The van der Waals surface area contributed by atoms with Gasteiger partial charge in [-0.05, 0) is 25.3 Å². The van der Waals surface area contributed by atoms with Gasteiger partial charge in [0, 0.05) is 19.3 Å². The molecule has 9 heteroatoms. The average Bonchev–Trinajstić information content (AvgIpc) is 3.05. The molecule has 114 valence electrons. The minimum atomic E-state index is -3.76. The van der Waals surface area contributed by atoms with Crippen molar-refractivity contribution >= 4 is 32.3 Å². The number of sulfonamides is 1. The van der Waals surface area contributed by atoms with E-state index in [0.717, 1.165) is 11.3 Å². The molecule has 7 nitrogen and oxygen atoms in total.